The van der Waals surface area contributed by atoms with Gasteiger partial charge in [0.1, 0.15) is 0 Å². The van der Waals surface area contributed by atoms with Crippen LogP contribution in [-0.2, 0) is 16.6 Å². The van der Waals surface area contributed by atoms with Gasteiger partial charge in [-0.1, -0.05) is 37.1 Å². The van der Waals surface area contributed by atoms with Crippen LogP contribution in [0.4, 0.5) is 0 Å². The van der Waals surface area contributed by atoms with Gasteiger partial charge in [-0.15, -0.1) is 0 Å². The van der Waals surface area contributed by atoms with Crippen molar-refractivity contribution in [2.45, 2.75) is 32.4 Å². The molecule has 1 aliphatic rings. The van der Waals surface area contributed by atoms with Crippen LogP contribution in [-0.4, -0.2) is 38.1 Å². The van der Waals surface area contributed by atoms with Crippen molar-refractivity contribution in [1.29, 1.82) is 0 Å². The summed E-state index contributed by atoms with van der Waals surface area (Å²) in [4.78, 5) is 0. The maximum absolute atomic E-state index is 11.7. The van der Waals surface area contributed by atoms with Crippen LogP contribution in [0.25, 0.3) is 0 Å². The minimum Gasteiger partial charge on any atom is -0.310 e. The van der Waals surface area contributed by atoms with Crippen LogP contribution >= 0.6 is 11.6 Å². The number of rotatable bonds is 5. The summed E-state index contributed by atoms with van der Waals surface area (Å²) in [6, 6.07) is 8.17. The summed E-state index contributed by atoms with van der Waals surface area (Å²) in [5, 5.41) is 4.30. The second-order valence-electron chi connectivity index (χ2n) is 5.70. The molecule has 4 nitrogen and oxygen atoms in total. The van der Waals surface area contributed by atoms with Crippen LogP contribution in [0.5, 0.6) is 0 Å². The Balaban J connectivity index is 1.95. The number of nitrogens with one attached hydrogen (secondary N) is 1. The zero-order valence-electron chi connectivity index (χ0n) is 12.5. The van der Waals surface area contributed by atoms with Crippen LogP contribution in [0.15, 0.2) is 24.3 Å². The summed E-state index contributed by atoms with van der Waals surface area (Å²) in [7, 11) is -3.08. The minimum absolute atomic E-state index is 0.354. The van der Waals surface area contributed by atoms with Crippen LogP contribution in [0.3, 0.4) is 0 Å². The molecule has 1 aliphatic heterocycles. The second-order valence-corrected chi connectivity index (χ2v) is 8.11. The van der Waals surface area contributed by atoms with E-state index in [1.54, 1.807) is 4.31 Å². The molecule has 0 bridgehead atoms. The number of benzene rings is 1. The summed E-state index contributed by atoms with van der Waals surface area (Å²) in [6.45, 7) is 4.09. The highest BCUT2D eigenvalue weighted by Gasteiger charge is 2.31. The molecule has 1 saturated heterocycles. The lowest BCUT2D eigenvalue weighted by Crippen LogP contribution is -2.50. The van der Waals surface area contributed by atoms with Crippen LogP contribution in [0.1, 0.15) is 25.3 Å². The lowest BCUT2D eigenvalue weighted by molar-refractivity contribution is 0.202. The summed E-state index contributed by atoms with van der Waals surface area (Å²) in [5.41, 5.74) is 1.16. The van der Waals surface area contributed by atoms with E-state index in [0.717, 1.165) is 30.0 Å². The van der Waals surface area contributed by atoms with Crippen LogP contribution in [0.2, 0.25) is 5.02 Å². The van der Waals surface area contributed by atoms with Gasteiger partial charge >= 0.3 is 0 Å². The predicted octanol–water partition coefficient (Wildman–Crippen LogP) is 2.49. The third kappa shape index (κ3) is 4.68. The number of nitrogens with zero attached hydrogens (tertiary/aromatic N) is 1. The minimum atomic E-state index is -3.08. The van der Waals surface area contributed by atoms with Crippen molar-refractivity contribution >= 4 is 21.6 Å². The van der Waals surface area contributed by atoms with Crippen molar-refractivity contribution in [2.24, 2.45) is 5.92 Å². The molecule has 1 aromatic rings. The fourth-order valence-corrected chi connectivity index (χ4v) is 3.99. The molecule has 2 rings (SSSR count). The standard InChI is InChI=1S/C15H23ClN2O2S/c1-3-13-11-18(21(2,19)20)8-7-15(13)17-10-12-5-4-6-14(16)9-12/h4-6,9,13,15,17H,3,7-8,10-11H2,1-2H3/t13-,15-/m0/s1. The molecule has 0 saturated carbocycles. The first-order chi connectivity index (χ1) is 9.90. The molecule has 21 heavy (non-hydrogen) atoms. The van der Waals surface area contributed by atoms with Gasteiger partial charge in [-0.05, 0) is 30.0 Å². The number of sulfonamides is 1. The molecule has 1 aromatic carbocycles. The van der Waals surface area contributed by atoms with Crippen molar-refractivity contribution in [3.8, 4) is 0 Å². The van der Waals surface area contributed by atoms with Gasteiger partial charge in [-0.2, -0.15) is 0 Å². The van der Waals surface area contributed by atoms with Crippen molar-refractivity contribution in [2.75, 3.05) is 19.3 Å². The Kier molecular flexibility index (Phi) is 5.66. The third-order valence-corrected chi connectivity index (χ3v) is 5.65. The van der Waals surface area contributed by atoms with E-state index >= 15 is 0 Å². The smallest absolute Gasteiger partial charge is 0.211 e. The molecule has 0 amide bonds. The lowest BCUT2D eigenvalue weighted by Gasteiger charge is -2.37. The van der Waals surface area contributed by atoms with Crippen LogP contribution in [0, 0.1) is 5.92 Å². The molecular formula is C15H23ClN2O2S. The third-order valence-electron chi connectivity index (χ3n) is 4.15. The fourth-order valence-electron chi connectivity index (χ4n) is 2.88. The predicted molar refractivity (Wildman–Crippen MR) is 86.9 cm³/mol. The molecule has 0 radical (unpaired) electrons. The van der Waals surface area contributed by atoms with Crippen molar-refractivity contribution in [1.82, 2.24) is 9.62 Å². The number of hydrogen-bond acceptors (Lipinski definition) is 3. The number of halogens is 1. The lowest BCUT2D eigenvalue weighted by atomic mass is 9.91. The Bertz CT molecular complexity index is 577. The van der Waals surface area contributed by atoms with Gasteiger partial charge in [0.05, 0.1) is 6.26 Å². The van der Waals surface area contributed by atoms with E-state index < -0.39 is 10.0 Å². The topological polar surface area (TPSA) is 49.4 Å². The Labute approximate surface area is 132 Å². The first kappa shape index (κ1) is 16.7. The first-order valence-electron chi connectivity index (χ1n) is 7.33. The van der Waals surface area contributed by atoms with Gasteiger partial charge in [-0.3, -0.25) is 0 Å². The van der Waals surface area contributed by atoms with Gasteiger partial charge in [0.2, 0.25) is 10.0 Å². The van der Waals surface area contributed by atoms with Crippen LogP contribution < -0.4 is 5.32 Å². The molecule has 0 spiro atoms. The Morgan fingerprint density at radius 2 is 2.19 bits per heavy atom. The Hall–Kier alpha value is -0.620. The van der Waals surface area contributed by atoms with E-state index in [0.29, 0.717) is 25.0 Å². The van der Waals surface area contributed by atoms with E-state index in [2.05, 4.69) is 12.2 Å². The molecule has 118 valence electrons. The highest BCUT2D eigenvalue weighted by atomic mass is 35.5. The van der Waals surface area contributed by atoms with Gasteiger partial charge in [-0.25, -0.2) is 12.7 Å². The van der Waals surface area contributed by atoms with Crippen molar-refractivity contribution in [3.05, 3.63) is 34.9 Å². The van der Waals surface area contributed by atoms with E-state index in [1.807, 2.05) is 24.3 Å². The largest absolute Gasteiger partial charge is 0.310 e. The SMILES string of the molecule is CC[C@H]1CN(S(C)(=O)=O)CC[C@@H]1NCc1cccc(Cl)c1. The molecule has 1 fully saturated rings. The van der Waals surface area contributed by atoms with Crippen molar-refractivity contribution in [3.63, 3.8) is 0 Å². The molecule has 6 heteroatoms. The molecule has 1 heterocycles. The molecule has 2 atom stereocenters. The normalized spacial score (nSPS) is 24.1. The molecular weight excluding hydrogens is 308 g/mol. The molecule has 0 unspecified atom stereocenters. The van der Waals surface area contributed by atoms with Gasteiger partial charge in [0.15, 0.2) is 0 Å². The summed E-state index contributed by atoms with van der Waals surface area (Å²) in [6.07, 6.45) is 3.12. The molecule has 0 aliphatic carbocycles. The van der Waals surface area contributed by atoms with E-state index in [-0.39, 0.29) is 0 Å². The van der Waals surface area contributed by atoms with Crippen molar-refractivity contribution < 1.29 is 8.42 Å². The summed E-state index contributed by atoms with van der Waals surface area (Å²) >= 11 is 5.99. The fraction of sp³-hybridized carbons (Fsp3) is 0.600. The summed E-state index contributed by atoms with van der Waals surface area (Å²) in [5.74, 6) is 0.354. The highest BCUT2D eigenvalue weighted by molar-refractivity contribution is 7.88. The number of piperidine rings is 1. The van der Waals surface area contributed by atoms with Gasteiger partial charge < -0.3 is 5.32 Å². The quantitative estimate of drug-likeness (QED) is 0.902. The Morgan fingerprint density at radius 1 is 1.43 bits per heavy atom. The second kappa shape index (κ2) is 7.09. The molecule has 0 aromatic heterocycles. The van der Waals surface area contributed by atoms with Gasteiger partial charge in [0, 0.05) is 30.7 Å². The maximum Gasteiger partial charge on any atom is 0.211 e. The van der Waals surface area contributed by atoms with E-state index in [9.17, 15) is 8.42 Å². The summed E-state index contributed by atoms with van der Waals surface area (Å²) < 4.78 is 24.9. The monoisotopic (exact) mass is 330 g/mol. The first-order valence-corrected chi connectivity index (χ1v) is 9.55. The average Bonchev–Trinajstić information content (AvgIpc) is 2.44. The average molecular weight is 331 g/mol. The highest BCUT2D eigenvalue weighted by Crippen LogP contribution is 2.22. The maximum atomic E-state index is 11.7. The van der Waals surface area contributed by atoms with E-state index in [4.69, 9.17) is 11.6 Å². The molecule has 1 N–H and O–H groups in total. The van der Waals surface area contributed by atoms with Gasteiger partial charge in [0.25, 0.3) is 0 Å². The zero-order valence-corrected chi connectivity index (χ0v) is 14.1. The Morgan fingerprint density at radius 3 is 2.81 bits per heavy atom. The van der Waals surface area contributed by atoms with E-state index in [1.165, 1.54) is 6.26 Å². The number of hydrogen-bond donors (Lipinski definition) is 1. The zero-order chi connectivity index (χ0) is 15.5.